The predicted octanol–water partition coefficient (Wildman–Crippen LogP) is 2.84. The van der Waals surface area contributed by atoms with Gasteiger partial charge >= 0.3 is 5.97 Å². The largest absolute Gasteiger partial charge is 0.465 e. The van der Waals surface area contributed by atoms with E-state index in [0.29, 0.717) is 28.0 Å². The fraction of sp³-hybridized carbons (Fsp3) is 0.167. The van der Waals surface area contributed by atoms with Crippen LogP contribution < -0.4 is 5.32 Å². The molecule has 0 saturated heterocycles. The van der Waals surface area contributed by atoms with Gasteiger partial charge in [-0.15, -0.1) is 0 Å². The van der Waals surface area contributed by atoms with E-state index in [4.69, 9.17) is 14.1 Å². The van der Waals surface area contributed by atoms with Gasteiger partial charge in [0, 0.05) is 16.8 Å². The molecule has 1 heterocycles. The molecule has 0 spiro atoms. The Hall–Kier alpha value is -3.33. The fourth-order valence-electron chi connectivity index (χ4n) is 2.34. The number of benzene rings is 2. The molecule has 6 heteroatoms. The van der Waals surface area contributed by atoms with Crippen LogP contribution in [0.4, 0.5) is 5.69 Å². The van der Waals surface area contributed by atoms with Crippen molar-refractivity contribution in [2.45, 2.75) is 6.54 Å². The van der Waals surface area contributed by atoms with Crippen molar-refractivity contribution in [2.24, 2.45) is 6.98 Å². The highest BCUT2D eigenvalue weighted by molar-refractivity contribution is 5.93. The molecule has 3 aromatic rings. The zero-order valence-electron chi connectivity index (χ0n) is 15.9. The van der Waals surface area contributed by atoms with Gasteiger partial charge in [0.2, 0.25) is 0 Å². The maximum absolute atomic E-state index is 11.7. The van der Waals surface area contributed by atoms with Gasteiger partial charge in [-0.05, 0) is 42.5 Å². The minimum atomic E-state index is -2.43. The van der Waals surface area contributed by atoms with Crippen LogP contribution in [0.3, 0.4) is 0 Å². The van der Waals surface area contributed by atoms with E-state index in [1.54, 1.807) is 30.3 Å². The van der Waals surface area contributed by atoms with Gasteiger partial charge in [-0.1, -0.05) is 0 Å². The lowest BCUT2D eigenvalue weighted by molar-refractivity contribution is 0.0601. The average molecular weight is 323 g/mol. The summed E-state index contributed by atoms with van der Waals surface area (Å²) >= 11 is 0. The van der Waals surface area contributed by atoms with Gasteiger partial charge in [0.1, 0.15) is 5.82 Å². The average Bonchev–Trinajstić information content (AvgIpc) is 3.04. The second kappa shape index (κ2) is 6.42. The number of aryl methyl sites for hydroxylation is 1. The number of nitriles is 1. The Morgan fingerprint density at radius 3 is 2.83 bits per heavy atom. The highest BCUT2D eigenvalue weighted by Crippen LogP contribution is 2.18. The zero-order chi connectivity index (χ0) is 19.6. The van der Waals surface area contributed by atoms with Crippen molar-refractivity contribution in [3.8, 4) is 6.07 Å². The summed E-state index contributed by atoms with van der Waals surface area (Å²) in [4.78, 5) is 16.1. The van der Waals surface area contributed by atoms with Crippen molar-refractivity contribution in [1.82, 2.24) is 9.55 Å². The second-order valence-corrected chi connectivity index (χ2v) is 5.10. The number of carbonyl (C=O) groups excluding carboxylic acids is 1. The smallest absolute Gasteiger partial charge is 0.337 e. The number of carbonyl (C=O) groups is 1. The third-order valence-corrected chi connectivity index (χ3v) is 3.61. The molecule has 3 rings (SSSR count). The SMILES string of the molecule is [2H]C([2H])([2H])n1c(CNc2ccc(C#N)cc2)nc2cc(C(=O)OC)ccc21. The number of fused-ring (bicyclic) bond motifs is 1. The first-order valence-electron chi connectivity index (χ1n) is 8.67. The van der Waals surface area contributed by atoms with Crippen molar-refractivity contribution in [1.29, 1.82) is 5.26 Å². The zero-order valence-corrected chi connectivity index (χ0v) is 12.9. The third-order valence-electron chi connectivity index (χ3n) is 3.61. The number of nitrogens with zero attached hydrogens (tertiary/aromatic N) is 3. The van der Waals surface area contributed by atoms with Gasteiger partial charge in [0.15, 0.2) is 0 Å². The number of rotatable bonds is 4. The van der Waals surface area contributed by atoms with E-state index >= 15 is 0 Å². The first-order valence-corrected chi connectivity index (χ1v) is 7.17. The Morgan fingerprint density at radius 2 is 2.17 bits per heavy atom. The number of ether oxygens (including phenoxy) is 1. The Bertz CT molecular complexity index is 1030. The van der Waals surface area contributed by atoms with Gasteiger partial charge in [0.05, 0.1) is 41.9 Å². The molecule has 0 saturated carbocycles. The van der Waals surface area contributed by atoms with Crippen molar-refractivity contribution in [2.75, 3.05) is 12.4 Å². The van der Waals surface area contributed by atoms with E-state index in [1.807, 2.05) is 6.07 Å². The summed E-state index contributed by atoms with van der Waals surface area (Å²) in [6.45, 7) is -2.27. The van der Waals surface area contributed by atoms with Crippen LogP contribution in [-0.2, 0) is 18.3 Å². The number of methoxy groups -OCH3 is 1. The molecule has 0 fully saturated rings. The van der Waals surface area contributed by atoms with Crippen molar-refractivity contribution >= 4 is 22.7 Å². The highest BCUT2D eigenvalue weighted by atomic mass is 16.5. The molecular weight excluding hydrogens is 304 g/mol. The first-order chi connectivity index (χ1) is 12.8. The van der Waals surface area contributed by atoms with Crippen LogP contribution in [0.1, 0.15) is 25.9 Å². The van der Waals surface area contributed by atoms with Gasteiger partial charge in [-0.2, -0.15) is 5.26 Å². The molecule has 0 amide bonds. The van der Waals surface area contributed by atoms with Crippen LogP contribution in [0.5, 0.6) is 0 Å². The van der Waals surface area contributed by atoms with Crippen molar-refractivity contribution < 1.29 is 13.6 Å². The van der Waals surface area contributed by atoms with Crippen molar-refractivity contribution in [3.05, 3.63) is 59.4 Å². The van der Waals surface area contributed by atoms with Gasteiger partial charge in [-0.25, -0.2) is 9.78 Å². The molecule has 120 valence electrons. The van der Waals surface area contributed by atoms with Gasteiger partial charge < -0.3 is 14.6 Å². The van der Waals surface area contributed by atoms with E-state index in [9.17, 15) is 4.79 Å². The molecular formula is C18H16N4O2. The van der Waals surface area contributed by atoms with Crippen LogP contribution in [0.15, 0.2) is 42.5 Å². The third kappa shape index (κ3) is 2.92. The van der Waals surface area contributed by atoms with Crippen LogP contribution in [0.2, 0.25) is 0 Å². The van der Waals surface area contributed by atoms with Gasteiger partial charge in [0.25, 0.3) is 0 Å². The summed E-state index contributed by atoms with van der Waals surface area (Å²) in [5.74, 6) is -0.214. The van der Waals surface area contributed by atoms with Gasteiger partial charge in [-0.3, -0.25) is 0 Å². The molecule has 0 aliphatic carbocycles. The normalized spacial score (nSPS) is 12.8. The van der Waals surface area contributed by atoms with E-state index in [0.717, 1.165) is 5.69 Å². The lowest BCUT2D eigenvalue weighted by Gasteiger charge is -2.06. The first kappa shape index (κ1) is 12.1. The summed E-state index contributed by atoms with van der Waals surface area (Å²) in [6, 6.07) is 13.4. The van der Waals surface area contributed by atoms with Crippen molar-refractivity contribution in [3.63, 3.8) is 0 Å². The Morgan fingerprint density at radius 1 is 1.38 bits per heavy atom. The molecule has 0 atom stereocenters. The number of anilines is 1. The van der Waals surface area contributed by atoms with Crippen LogP contribution in [0.25, 0.3) is 11.0 Å². The predicted molar refractivity (Wildman–Crippen MR) is 90.5 cm³/mol. The molecule has 0 bridgehead atoms. The highest BCUT2D eigenvalue weighted by Gasteiger charge is 2.11. The molecule has 2 aromatic carbocycles. The quantitative estimate of drug-likeness (QED) is 0.747. The Kier molecular flexibility index (Phi) is 3.25. The number of hydrogen-bond donors (Lipinski definition) is 1. The number of imidazole rings is 1. The van der Waals surface area contributed by atoms with E-state index in [2.05, 4.69) is 10.3 Å². The fourth-order valence-corrected chi connectivity index (χ4v) is 2.34. The topological polar surface area (TPSA) is 79.9 Å². The Balaban J connectivity index is 1.97. The standard InChI is InChI=1S/C18H16N4O2/c1-22-16-8-5-13(18(23)24-2)9-15(16)21-17(22)11-20-14-6-3-12(10-19)4-7-14/h3-9,20H,11H2,1-2H3/i1D3. The lowest BCUT2D eigenvalue weighted by Crippen LogP contribution is -2.05. The molecule has 1 aromatic heterocycles. The monoisotopic (exact) mass is 323 g/mol. The molecule has 0 aliphatic heterocycles. The molecule has 24 heavy (non-hydrogen) atoms. The molecule has 0 radical (unpaired) electrons. The number of aromatic nitrogens is 2. The minimum Gasteiger partial charge on any atom is -0.465 e. The summed E-state index contributed by atoms with van der Waals surface area (Å²) in [6.07, 6.45) is 0. The van der Waals surface area contributed by atoms with Crippen LogP contribution in [0, 0.1) is 11.3 Å². The van der Waals surface area contributed by atoms with Crippen LogP contribution in [-0.4, -0.2) is 22.6 Å². The number of nitrogens with one attached hydrogen (secondary N) is 1. The summed E-state index contributed by atoms with van der Waals surface area (Å²) < 4.78 is 29.3. The second-order valence-electron chi connectivity index (χ2n) is 5.10. The summed E-state index contributed by atoms with van der Waals surface area (Å²) in [5, 5.41) is 11.9. The summed E-state index contributed by atoms with van der Waals surface area (Å²) in [7, 11) is 1.28. The maximum Gasteiger partial charge on any atom is 0.337 e. The maximum atomic E-state index is 11.7. The Labute approximate surface area is 143 Å². The van der Waals surface area contributed by atoms with E-state index < -0.39 is 12.9 Å². The van der Waals surface area contributed by atoms with E-state index in [1.165, 1.54) is 23.8 Å². The molecule has 0 aliphatic rings. The lowest BCUT2D eigenvalue weighted by atomic mass is 10.2. The molecule has 0 unspecified atom stereocenters. The number of hydrogen-bond acceptors (Lipinski definition) is 5. The van der Waals surface area contributed by atoms with E-state index in [-0.39, 0.29) is 6.54 Å². The minimum absolute atomic E-state index is 0.159. The number of esters is 1. The summed E-state index contributed by atoms with van der Waals surface area (Å²) in [5.41, 5.74) is 2.36. The molecule has 6 nitrogen and oxygen atoms in total. The van der Waals surface area contributed by atoms with Crippen LogP contribution >= 0.6 is 0 Å². The molecule has 1 N–H and O–H groups in total.